The number of hydrogen-bond acceptors (Lipinski definition) is 5. The molecule has 4 aromatic rings. The van der Waals surface area contributed by atoms with Crippen LogP contribution in [0.1, 0.15) is 46.1 Å². The van der Waals surface area contributed by atoms with Gasteiger partial charge < -0.3 is 19.7 Å². The van der Waals surface area contributed by atoms with Crippen LogP contribution in [0.5, 0.6) is 5.75 Å². The van der Waals surface area contributed by atoms with Gasteiger partial charge in [-0.1, -0.05) is 24.3 Å². The molecule has 6 rings (SSSR count). The highest BCUT2D eigenvalue weighted by Gasteiger charge is 2.48. The summed E-state index contributed by atoms with van der Waals surface area (Å²) in [5, 5.41) is 11.7. The number of likely N-dealkylation sites (tertiary alicyclic amines) is 1. The highest BCUT2D eigenvalue weighted by atomic mass is 16.5. The Labute approximate surface area is 216 Å². The molecule has 1 saturated heterocycles. The minimum atomic E-state index is -0.430. The molecule has 2 aliphatic rings. The number of carbonyl (C=O) groups excluding carboxylic acids is 1. The van der Waals surface area contributed by atoms with Gasteiger partial charge in [-0.2, -0.15) is 0 Å². The smallest absolute Gasteiger partial charge is 0.254 e. The van der Waals surface area contributed by atoms with E-state index in [1.807, 2.05) is 59.6 Å². The molecule has 2 N–H and O–H groups in total. The molecule has 1 fully saturated rings. The number of ether oxygens (including phenoxy) is 1. The first-order valence-corrected chi connectivity index (χ1v) is 12.9. The van der Waals surface area contributed by atoms with Crippen LogP contribution in [-0.4, -0.2) is 64.1 Å². The van der Waals surface area contributed by atoms with E-state index >= 15 is 0 Å². The van der Waals surface area contributed by atoms with Crippen LogP contribution in [0.2, 0.25) is 0 Å². The summed E-state index contributed by atoms with van der Waals surface area (Å²) >= 11 is 0. The largest absolute Gasteiger partial charge is 0.497 e. The predicted molar refractivity (Wildman–Crippen MR) is 143 cm³/mol. The zero-order valence-electron chi connectivity index (χ0n) is 21.1. The second-order valence-electron chi connectivity index (χ2n) is 10.2. The summed E-state index contributed by atoms with van der Waals surface area (Å²) in [5.74, 6) is 0.739. The highest BCUT2D eigenvalue weighted by molar-refractivity contribution is 5.96. The molecule has 2 aromatic heterocycles. The van der Waals surface area contributed by atoms with Crippen LogP contribution >= 0.6 is 0 Å². The maximum atomic E-state index is 13.8. The van der Waals surface area contributed by atoms with Gasteiger partial charge >= 0.3 is 0 Å². The number of methoxy groups -OCH3 is 1. The Balaban J connectivity index is 1.40. The number of benzene rings is 2. The molecule has 1 spiro atoms. The lowest BCUT2D eigenvalue weighted by Crippen LogP contribution is -2.55. The first-order chi connectivity index (χ1) is 18.1. The molecule has 37 heavy (non-hydrogen) atoms. The maximum Gasteiger partial charge on any atom is 0.254 e. The lowest BCUT2D eigenvalue weighted by Gasteiger charge is -2.50. The molecule has 0 saturated carbocycles. The monoisotopic (exact) mass is 496 g/mol. The van der Waals surface area contributed by atoms with Gasteiger partial charge in [0.15, 0.2) is 0 Å². The molecule has 7 heteroatoms. The van der Waals surface area contributed by atoms with Crippen LogP contribution in [0.25, 0.3) is 10.9 Å². The van der Waals surface area contributed by atoms with E-state index in [-0.39, 0.29) is 17.9 Å². The molecule has 1 amide bonds. The molecule has 2 aromatic carbocycles. The van der Waals surface area contributed by atoms with Crippen molar-refractivity contribution >= 4 is 16.8 Å². The van der Waals surface area contributed by atoms with Crippen LogP contribution in [0.15, 0.2) is 73.1 Å². The molecule has 4 heterocycles. The number of amides is 1. The number of aromatic amines is 1. The van der Waals surface area contributed by atoms with Gasteiger partial charge in [0.25, 0.3) is 5.91 Å². The number of pyridine rings is 1. The molecule has 0 bridgehead atoms. The predicted octanol–water partition coefficient (Wildman–Crippen LogP) is 4.29. The zero-order chi connectivity index (χ0) is 25.4. The lowest BCUT2D eigenvalue weighted by atomic mass is 9.68. The Morgan fingerprint density at radius 2 is 1.95 bits per heavy atom. The van der Waals surface area contributed by atoms with Crippen molar-refractivity contribution in [1.29, 1.82) is 0 Å². The normalized spacial score (nSPS) is 19.2. The molecule has 0 aliphatic carbocycles. The van der Waals surface area contributed by atoms with E-state index in [1.165, 1.54) is 11.1 Å². The van der Waals surface area contributed by atoms with E-state index in [0.717, 1.165) is 54.8 Å². The van der Waals surface area contributed by atoms with Gasteiger partial charge in [-0.3, -0.25) is 14.7 Å². The van der Waals surface area contributed by atoms with Crippen molar-refractivity contribution in [3.63, 3.8) is 0 Å². The van der Waals surface area contributed by atoms with Crippen LogP contribution in [0.4, 0.5) is 0 Å². The third-order valence-electron chi connectivity index (χ3n) is 8.14. The molecule has 0 radical (unpaired) electrons. The number of aliphatic hydroxyl groups excluding tert-OH is 1. The Bertz CT molecular complexity index is 1390. The van der Waals surface area contributed by atoms with Gasteiger partial charge in [0.1, 0.15) is 5.75 Å². The van der Waals surface area contributed by atoms with Crippen LogP contribution in [0, 0.1) is 0 Å². The van der Waals surface area contributed by atoms with Crippen LogP contribution in [0.3, 0.4) is 0 Å². The second-order valence-corrected chi connectivity index (χ2v) is 10.2. The van der Waals surface area contributed by atoms with Crippen LogP contribution in [-0.2, 0) is 12.0 Å². The Hall–Kier alpha value is -3.68. The molecule has 7 nitrogen and oxygen atoms in total. The third-order valence-corrected chi connectivity index (χ3v) is 8.14. The van der Waals surface area contributed by atoms with E-state index in [4.69, 9.17) is 4.74 Å². The van der Waals surface area contributed by atoms with Crippen molar-refractivity contribution in [3.8, 4) is 5.75 Å². The first kappa shape index (κ1) is 23.7. The third kappa shape index (κ3) is 4.18. The standard InChI is InChI=1S/C30H32N4O3/c1-37-23-9-10-24-25(16-23)32-28-26(19-35)34(29(36)22-7-3-2-4-8-22)20-30(27(24)28)11-14-33(15-12-30)18-21-6-5-13-31-17-21/h2-10,13,16-17,26,32,35H,11-12,14-15,18-20H2,1H3/t26-/m1/s1. The fourth-order valence-electron chi connectivity index (χ4n) is 6.26. The van der Waals surface area contributed by atoms with Gasteiger partial charge in [-0.15, -0.1) is 0 Å². The molecule has 1 atom stereocenters. The molecule has 2 aliphatic heterocycles. The molecular weight excluding hydrogens is 464 g/mol. The maximum absolute atomic E-state index is 13.8. The summed E-state index contributed by atoms with van der Waals surface area (Å²) in [6.45, 7) is 3.16. The number of piperidine rings is 1. The van der Waals surface area contributed by atoms with E-state index in [2.05, 4.69) is 27.0 Å². The van der Waals surface area contributed by atoms with Gasteiger partial charge in [-0.05, 0) is 67.4 Å². The number of rotatable bonds is 5. The van der Waals surface area contributed by atoms with Crippen molar-refractivity contribution in [2.45, 2.75) is 30.8 Å². The quantitative estimate of drug-likeness (QED) is 0.431. The van der Waals surface area contributed by atoms with Gasteiger partial charge in [-0.25, -0.2) is 0 Å². The highest BCUT2D eigenvalue weighted by Crippen LogP contribution is 2.49. The Morgan fingerprint density at radius 3 is 2.65 bits per heavy atom. The fraction of sp³-hybridized carbons (Fsp3) is 0.333. The molecule has 190 valence electrons. The number of aliphatic hydroxyl groups is 1. The SMILES string of the molecule is COc1ccc2c3c([nH]c2c1)[C@@H](CO)N(C(=O)c1ccccc1)CC31CCN(Cc2cccnc2)CC1. The van der Waals surface area contributed by atoms with Gasteiger partial charge in [0, 0.05) is 59.1 Å². The summed E-state index contributed by atoms with van der Waals surface area (Å²) in [4.78, 5) is 26.0. The van der Waals surface area contributed by atoms with Crippen molar-refractivity contribution < 1.29 is 14.6 Å². The van der Waals surface area contributed by atoms with E-state index in [1.54, 1.807) is 13.3 Å². The van der Waals surface area contributed by atoms with Gasteiger partial charge in [0.05, 0.1) is 19.8 Å². The number of nitrogens with one attached hydrogen (secondary N) is 1. The van der Waals surface area contributed by atoms with Crippen molar-refractivity contribution in [2.75, 3.05) is 33.4 Å². The van der Waals surface area contributed by atoms with E-state index in [0.29, 0.717) is 12.1 Å². The van der Waals surface area contributed by atoms with E-state index < -0.39 is 6.04 Å². The second kappa shape index (κ2) is 9.65. The number of fused-ring (bicyclic) bond motifs is 4. The minimum absolute atomic E-state index is 0.0429. The summed E-state index contributed by atoms with van der Waals surface area (Å²) in [7, 11) is 1.67. The average Bonchev–Trinajstić information content (AvgIpc) is 3.34. The lowest BCUT2D eigenvalue weighted by molar-refractivity contribution is 0.0338. The summed E-state index contributed by atoms with van der Waals surface area (Å²) in [6.07, 6.45) is 5.59. The number of aromatic nitrogens is 2. The van der Waals surface area contributed by atoms with Crippen molar-refractivity contribution in [2.24, 2.45) is 0 Å². The summed E-state index contributed by atoms with van der Waals surface area (Å²) < 4.78 is 5.49. The van der Waals surface area contributed by atoms with Crippen LogP contribution < -0.4 is 4.74 Å². The van der Waals surface area contributed by atoms with E-state index in [9.17, 15) is 9.90 Å². The number of H-pyrrole nitrogens is 1. The number of nitrogens with zero attached hydrogens (tertiary/aromatic N) is 3. The van der Waals surface area contributed by atoms with Gasteiger partial charge in [0.2, 0.25) is 0 Å². The average molecular weight is 497 g/mol. The zero-order valence-corrected chi connectivity index (χ0v) is 21.1. The molecular formula is C30H32N4O3. The topological polar surface area (TPSA) is 81.7 Å². The Kier molecular flexibility index (Phi) is 6.18. The van der Waals surface area contributed by atoms with Crippen molar-refractivity contribution in [3.05, 3.63) is 95.4 Å². The Morgan fingerprint density at radius 1 is 1.14 bits per heavy atom. The number of carbonyl (C=O) groups is 1. The van der Waals surface area contributed by atoms with Crippen molar-refractivity contribution in [1.82, 2.24) is 19.8 Å². The first-order valence-electron chi connectivity index (χ1n) is 12.9. The summed E-state index contributed by atoms with van der Waals surface area (Å²) in [6, 6.07) is 19.2. The minimum Gasteiger partial charge on any atom is -0.497 e. The summed E-state index contributed by atoms with van der Waals surface area (Å²) in [5.41, 5.74) is 4.83. The fourth-order valence-corrected chi connectivity index (χ4v) is 6.26. The number of hydrogen-bond donors (Lipinski definition) is 2. The molecule has 0 unspecified atom stereocenters.